The summed E-state index contributed by atoms with van der Waals surface area (Å²) in [5.74, 6) is -0.754. The molecule has 0 unspecified atom stereocenters. The smallest absolute Gasteiger partial charge is 0.190 e. The topological polar surface area (TPSA) is 55.4 Å². The highest BCUT2D eigenvalue weighted by Crippen LogP contribution is 2.43. The molecule has 204 valence electrons. The van der Waals surface area contributed by atoms with Crippen molar-refractivity contribution in [2.24, 2.45) is 0 Å². The van der Waals surface area contributed by atoms with Gasteiger partial charge in [0, 0.05) is 7.11 Å². The van der Waals surface area contributed by atoms with Crippen molar-refractivity contribution < 1.29 is 28.4 Å². The van der Waals surface area contributed by atoms with Crippen LogP contribution in [-0.4, -0.2) is 50.2 Å². The highest BCUT2D eigenvalue weighted by Gasteiger charge is 2.57. The van der Waals surface area contributed by atoms with Crippen LogP contribution in [0.2, 0.25) is 0 Å². The molecule has 3 aromatic rings. The van der Waals surface area contributed by atoms with Crippen LogP contribution in [0.15, 0.2) is 116 Å². The number of benzene rings is 3. The van der Waals surface area contributed by atoms with Gasteiger partial charge in [0.1, 0.15) is 30.0 Å². The Kier molecular flexibility index (Phi) is 8.31. The lowest BCUT2D eigenvalue weighted by molar-refractivity contribution is -0.232. The van der Waals surface area contributed by atoms with Gasteiger partial charge in [-0.05, 0) is 36.6 Å². The molecule has 0 bridgehead atoms. The Hall–Kier alpha value is -3.26. The largest absolute Gasteiger partial charge is 0.493 e. The third-order valence-electron chi connectivity index (χ3n) is 7.14. The SMILES string of the molecule is C=C/C=C/O[C@H](COC(c1ccccc1)(c1ccccc1)c1ccccc1)[C@H]1O[C@@H]2OC(C)(C)O[C@@H]2[C@H]1OC. The first-order valence-corrected chi connectivity index (χ1v) is 13.3. The first kappa shape index (κ1) is 27.3. The maximum absolute atomic E-state index is 7.05. The molecule has 5 atom stereocenters. The Morgan fingerprint density at radius 3 is 1.90 bits per heavy atom. The quantitative estimate of drug-likeness (QED) is 0.174. The average Bonchev–Trinajstić information content (AvgIpc) is 3.45. The third kappa shape index (κ3) is 5.57. The van der Waals surface area contributed by atoms with E-state index in [0.29, 0.717) is 0 Å². The fraction of sp³-hybridized carbons (Fsp3) is 0.333. The van der Waals surface area contributed by atoms with Crippen molar-refractivity contribution in [3.8, 4) is 0 Å². The van der Waals surface area contributed by atoms with Gasteiger partial charge >= 0.3 is 0 Å². The van der Waals surface area contributed by atoms with Gasteiger partial charge < -0.3 is 28.4 Å². The van der Waals surface area contributed by atoms with Crippen LogP contribution in [0.4, 0.5) is 0 Å². The molecule has 0 aromatic heterocycles. The van der Waals surface area contributed by atoms with E-state index in [1.165, 1.54) is 0 Å². The molecule has 0 amide bonds. The highest BCUT2D eigenvalue weighted by atomic mass is 16.8. The lowest BCUT2D eigenvalue weighted by atomic mass is 9.80. The van der Waals surface area contributed by atoms with E-state index >= 15 is 0 Å². The van der Waals surface area contributed by atoms with Gasteiger partial charge in [-0.2, -0.15) is 0 Å². The van der Waals surface area contributed by atoms with E-state index in [-0.39, 0.29) is 12.7 Å². The third-order valence-corrected chi connectivity index (χ3v) is 7.14. The lowest BCUT2D eigenvalue weighted by Crippen LogP contribution is -2.46. The number of ether oxygens (including phenoxy) is 6. The Morgan fingerprint density at radius 2 is 1.41 bits per heavy atom. The van der Waals surface area contributed by atoms with E-state index < -0.39 is 36.0 Å². The van der Waals surface area contributed by atoms with Gasteiger partial charge in [-0.3, -0.25) is 0 Å². The molecule has 3 aromatic carbocycles. The Balaban J connectivity index is 1.53. The van der Waals surface area contributed by atoms with Gasteiger partial charge in [-0.1, -0.05) is 104 Å². The van der Waals surface area contributed by atoms with Crippen LogP contribution < -0.4 is 0 Å². The minimum Gasteiger partial charge on any atom is -0.493 e. The molecule has 2 aliphatic rings. The molecular weight excluding hydrogens is 492 g/mol. The molecule has 0 spiro atoms. The van der Waals surface area contributed by atoms with Gasteiger partial charge in [0.2, 0.25) is 0 Å². The van der Waals surface area contributed by atoms with Crippen molar-refractivity contribution in [1.29, 1.82) is 0 Å². The Morgan fingerprint density at radius 1 is 0.872 bits per heavy atom. The zero-order chi connectivity index (χ0) is 27.3. The summed E-state index contributed by atoms with van der Waals surface area (Å²) in [7, 11) is 1.65. The highest BCUT2D eigenvalue weighted by molar-refractivity contribution is 5.47. The van der Waals surface area contributed by atoms with Crippen LogP contribution in [-0.2, 0) is 34.0 Å². The van der Waals surface area contributed by atoms with Crippen molar-refractivity contribution in [2.75, 3.05) is 13.7 Å². The molecule has 6 nitrogen and oxygen atoms in total. The van der Waals surface area contributed by atoms with Gasteiger partial charge in [0.15, 0.2) is 12.1 Å². The molecule has 39 heavy (non-hydrogen) atoms. The van der Waals surface area contributed by atoms with Crippen LogP contribution >= 0.6 is 0 Å². The predicted octanol–water partition coefficient (Wildman–Crippen LogP) is 5.97. The Bertz CT molecular complexity index is 1130. The molecule has 0 saturated carbocycles. The molecular formula is C33H36O6. The van der Waals surface area contributed by atoms with E-state index in [9.17, 15) is 0 Å². The molecule has 0 radical (unpaired) electrons. The van der Waals surface area contributed by atoms with E-state index in [1.807, 2.05) is 68.4 Å². The van der Waals surface area contributed by atoms with Crippen LogP contribution in [0.3, 0.4) is 0 Å². The summed E-state index contributed by atoms with van der Waals surface area (Å²) in [6.45, 7) is 7.69. The van der Waals surface area contributed by atoms with Gasteiger partial charge in [-0.15, -0.1) is 0 Å². The summed E-state index contributed by atoms with van der Waals surface area (Å²) < 4.78 is 37.7. The normalized spacial score (nSPS) is 24.9. The summed E-state index contributed by atoms with van der Waals surface area (Å²) in [5.41, 5.74) is 2.11. The summed E-state index contributed by atoms with van der Waals surface area (Å²) >= 11 is 0. The summed E-state index contributed by atoms with van der Waals surface area (Å²) in [6.07, 6.45) is 2.59. The number of rotatable bonds is 11. The molecule has 6 heteroatoms. The molecule has 2 saturated heterocycles. The van der Waals surface area contributed by atoms with Crippen molar-refractivity contribution in [3.05, 3.63) is 133 Å². The predicted molar refractivity (Wildman–Crippen MR) is 149 cm³/mol. The second-order valence-electron chi connectivity index (χ2n) is 10.1. The number of methoxy groups -OCH3 is 1. The van der Waals surface area contributed by atoms with Gasteiger partial charge in [0.25, 0.3) is 0 Å². The zero-order valence-corrected chi connectivity index (χ0v) is 22.6. The standard InChI is InChI=1S/C33H36O6/c1-5-6-22-35-27(28-29(34-4)30-31(37-28)39-32(2,3)38-30)23-36-33(24-16-10-7-11-17-24,25-18-12-8-13-19-25)26-20-14-9-15-21-26/h5-22,27-31H,1,23H2,2-4H3/b22-6+/t27-,28-,29+,30-,31-/m1/s1. The van der Waals surface area contributed by atoms with E-state index in [0.717, 1.165) is 16.7 Å². The summed E-state index contributed by atoms with van der Waals surface area (Å²) in [6, 6.07) is 30.7. The van der Waals surface area contributed by atoms with Crippen LogP contribution in [0, 0.1) is 0 Å². The molecule has 2 heterocycles. The second kappa shape index (κ2) is 11.9. The molecule has 0 N–H and O–H groups in total. The number of hydrogen-bond acceptors (Lipinski definition) is 6. The molecule has 0 aliphatic carbocycles. The maximum atomic E-state index is 7.05. The fourth-order valence-electron chi connectivity index (χ4n) is 5.46. The van der Waals surface area contributed by atoms with Crippen LogP contribution in [0.25, 0.3) is 0 Å². The average molecular weight is 529 g/mol. The monoisotopic (exact) mass is 528 g/mol. The lowest BCUT2D eigenvalue weighted by Gasteiger charge is -2.38. The number of hydrogen-bond donors (Lipinski definition) is 0. The Labute approximate surface area is 230 Å². The summed E-state index contributed by atoms with van der Waals surface area (Å²) in [4.78, 5) is 0. The minimum absolute atomic E-state index is 0.188. The molecule has 5 rings (SSSR count). The van der Waals surface area contributed by atoms with Gasteiger partial charge in [-0.25, -0.2) is 0 Å². The molecule has 2 fully saturated rings. The maximum Gasteiger partial charge on any atom is 0.190 e. The van der Waals surface area contributed by atoms with E-state index in [2.05, 4.69) is 43.0 Å². The number of allylic oxidation sites excluding steroid dienone is 2. The summed E-state index contributed by atoms with van der Waals surface area (Å²) in [5, 5.41) is 0. The molecule has 2 aliphatic heterocycles. The van der Waals surface area contributed by atoms with Crippen LogP contribution in [0.1, 0.15) is 30.5 Å². The van der Waals surface area contributed by atoms with Crippen molar-refractivity contribution >= 4 is 0 Å². The van der Waals surface area contributed by atoms with Crippen LogP contribution in [0.5, 0.6) is 0 Å². The van der Waals surface area contributed by atoms with Crippen molar-refractivity contribution in [2.45, 2.75) is 55.9 Å². The van der Waals surface area contributed by atoms with E-state index in [1.54, 1.807) is 25.5 Å². The van der Waals surface area contributed by atoms with Gasteiger partial charge in [0.05, 0.1) is 12.9 Å². The van der Waals surface area contributed by atoms with Crippen molar-refractivity contribution in [1.82, 2.24) is 0 Å². The first-order chi connectivity index (χ1) is 19.0. The number of fused-ring (bicyclic) bond motifs is 1. The minimum atomic E-state index is -0.903. The second-order valence-corrected chi connectivity index (χ2v) is 10.1. The van der Waals surface area contributed by atoms with E-state index in [4.69, 9.17) is 28.4 Å². The fourth-order valence-corrected chi connectivity index (χ4v) is 5.46. The first-order valence-electron chi connectivity index (χ1n) is 13.3. The van der Waals surface area contributed by atoms with Crippen molar-refractivity contribution in [3.63, 3.8) is 0 Å². The zero-order valence-electron chi connectivity index (χ0n) is 22.6.